The third kappa shape index (κ3) is 4.46. The number of amides is 2. The summed E-state index contributed by atoms with van der Waals surface area (Å²) in [7, 11) is -1.78. The van der Waals surface area contributed by atoms with Crippen molar-refractivity contribution in [1.82, 2.24) is 30.4 Å². The highest BCUT2D eigenvalue weighted by molar-refractivity contribution is 8.01. The smallest absolute Gasteiger partial charge is 0.471 e. The number of carbonyl (C=O) groups excluding carboxylic acids is 2. The third-order valence-electron chi connectivity index (χ3n) is 4.04. The lowest BCUT2D eigenvalue weighted by Crippen LogP contribution is -2.71. The zero-order valence-corrected chi connectivity index (χ0v) is 17.4. The Morgan fingerprint density at radius 1 is 1.43 bits per heavy atom. The second-order valence-corrected chi connectivity index (χ2v) is 9.51. The number of carbonyl (C=O) groups is 3. The lowest BCUT2D eigenvalue weighted by molar-refractivity contribution is -0.150. The van der Waals surface area contributed by atoms with Crippen LogP contribution in [-0.2, 0) is 32.2 Å². The molecule has 0 saturated carbocycles. The van der Waals surface area contributed by atoms with Gasteiger partial charge in [-0.3, -0.25) is 14.5 Å². The zero-order chi connectivity index (χ0) is 22.2. The summed E-state index contributed by atoms with van der Waals surface area (Å²) in [4.78, 5) is 36.9. The first-order valence-corrected chi connectivity index (χ1v) is 11.4. The number of alkyl halides is 3. The molecule has 0 radical (unpaired) electrons. The van der Waals surface area contributed by atoms with E-state index in [-0.39, 0.29) is 17.2 Å². The molecule has 30 heavy (non-hydrogen) atoms. The molecule has 1 aromatic rings. The summed E-state index contributed by atoms with van der Waals surface area (Å²) in [6.07, 6.45) is 0. The molecule has 2 unspecified atom stereocenters. The number of fused-ring (bicyclic) bond motifs is 1. The van der Waals surface area contributed by atoms with Gasteiger partial charge in [-0.1, -0.05) is 11.8 Å². The van der Waals surface area contributed by atoms with E-state index in [0.29, 0.717) is 10.7 Å². The summed E-state index contributed by atoms with van der Waals surface area (Å²) < 4.78 is 49.4. The molecule has 1 saturated heterocycles. The molecule has 1 aromatic heterocycles. The first-order valence-electron chi connectivity index (χ1n) is 8.00. The van der Waals surface area contributed by atoms with Crippen molar-refractivity contribution in [1.29, 1.82) is 0 Å². The molecule has 2 amide bonds. The summed E-state index contributed by atoms with van der Waals surface area (Å²) >= 11 is 2.34. The van der Waals surface area contributed by atoms with Gasteiger partial charge in [-0.2, -0.15) is 13.2 Å². The number of tetrazole rings is 1. The molecular formula is C13H13F3N6O5S3. The van der Waals surface area contributed by atoms with Gasteiger partial charge in [-0.15, -0.1) is 16.9 Å². The number of carboxylic acid groups (broad SMARTS) is 1. The molecule has 164 valence electrons. The Hall–Kier alpha value is -2.14. The fraction of sp³-hybridized carbons (Fsp3) is 0.538. The first kappa shape index (κ1) is 22.5. The monoisotopic (exact) mass is 486 g/mol. The number of nitrogens with zero attached hydrogens (tertiary/aromatic N) is 5. The number of rotatable bonds is 7. The fourth-order valence-electron chi connectivity index (χ4n) is 2.71. The number of carboxylic acids is 1. The van der Waals surface area contributed by atoms with Gasteiger partial charge in [-0.25, -0.2) is 13.7 Å². The highest BCUT2D eigenvalue weighted by Gasteiger charge is 2.54. The van der Waals surface area contributed by atoms with E-state index < -0.39 is 51.3 Å². The van der Waals surface area contributed by atoms with Crippen LogP contribution in [0.1, 0.15) is 0 Å². The maximum Gasteiger partial charge on any atom is 0.471 e. The normalized spacial score (nSPS) is 22.4. The predicted octanol–water partition coefficient (Wildman–Crippen LogP) is -0.691. The SMILES string of the molecule is Cn1nnnc1SCC1=C(C(=O)O)N2C(=O)C(NC(=O)CS(=O)C(F)(F)F)[C@H]2SC1. The Bertz CT molecular complexity index is 951. The Morgan fingerprint density at radius 3 is 2.70 bits per heavy atom. The van der Waals surface area contributed by atoms with Crippen LogP contribution in [-0.4, -0.2) is 86.4 Å². The maximum atomic E-state index is 12.4. The molecule has 3 rings (SSSR count). The quantitative estimate of drug-likeness (QED) is 0.375. The van der Waals surface area contributed by atoms with E-state index in [9.17, 15) is 36.9 Å². The van der Waals surface area contributed by atoms with Crippen LogP contribution in [0.15, 0.2) is 16.4 Å². The number of aliphatic carboxylic acids is 1. The molecule has 17 heteroatoms. The van der Waals surface area contributed by atoms with Crippen LogP contribution in [0, 0.1) is 0 Å². The summed E-state index contributed by atoms with van der Waals surface area (Å²) in [5.41, 5.74) is -4.85. The minimum absolute atomic E-state index is 0.195. The second-order valence-electron chi connectivity index (χ2n) is 6.02. The Kier molecular flexibility index (Phi) is 6.42. The molecule has 2 N–H and O–H groups in total. The molecule has 3 atom stereocenters. The molecule has 0 spiro atoms. The number of nitrogens with one attached hydrogen (secondary N) is 1. The number of hydrogen-bond donors (Lipinski definition) is 2. The van der Waals surface area contributed by atoms with E-state index in [2.05, 4.69) is 20.8 Å². The zero-order valence-electron chi connectivity index (χ0n) is 15.0. The van der Waals surface area contributed by atoms with Gasteiger partial charge in [0.15, 0.2) is 0 Å². The topological polar surface area (TPSA) is 147 Å². The van der Waals surface area contributed by atoms with Gasteiger partial charge in [0.25, 0.3) is 5.91 Å². The summed E-state index contributed by atoms with van der Waals surface area (Å²) in [6.45, 7) is 0. The number of aryl methyl sites for hydroxylation is 1. The van der Waals surface area contributed by atoms with Crippen LogP contribution in [0.4, 0.5) is 13.2 Å². The highest BCUT2D eigenvalue weighted by atomic mass is 32.2. The molecule has 2 aliphatic heterocycles. The van der Waals surface area contributed by atoms with E-state index >= 15 is 0 Å². The maximum absolute atomic E-state index is 12.4. The predicted molar refractivity (Wildman–Crippen MR) is 98.3 cm³/mol. The van der Waals surface area contributed by atoms with Crippen molar-refractivity contribution in [2.45, 2.75) is 22.1 Å². The average Bonchev–Trinajstić information content (AvgIpc) is 3.07. The summed E-state index contributed by atoms with van der Waals surface area (Å²) in [5, 5.41) is 22.2. The van der Waals surface area contributed by atoms with Crippen molar-refractivity contribution in [2.75, 3.05) is 17.3 Å². The standard InChI is InChI=1S/C13H13F3N6O5S3/c1-21-12(18-19-20-21)29-3-5-2-28-10-7(9(24)22(10)8(5)11(25)26)17-6(23)4-30(27)13(14,15)16/h7,10H,2-4H2,1H3,(H,17,23)(H,25,26)/t7?,10-,30?/m1/s1. The van der Waals surface area contributed by atoms with E-state index in [4.69, 9.17) is 0 Å². The van der Waals surface area contributed by atoms with E-state index in [1.54, 1.807) is 7.05 Å². The first-order chi connectivity index (χ1) is 14.0. The van der Waals surface area contributed by atoms with E-state index in [1.807, 2.05) is 0 Å². The largest absolute Gasteiger partial charge is 0.477 e. The Balaban J connectivity index is 1.69. The van der Waals surface area contributed by atoms with E-state index in [0.717, 1.165) is 16.7 Å². The molecule has 1 fully saturated rings. The molecule has 3 heterocycles. The van der Waals surface area contributed by atoms with Crippen LogP contribution >= 0.6 is 23.5 Å². The van der Waals surface area contributed by atoms with Crippen LogP contribution < -0.4 is 5.32 Å². The van der Waals surface area contributed by atoms with Gasteiger partial charge in [0.2, 0.25) is 11.1 Å². The van der Waals surface area contributed by atoms with Crippen molar-refractivity contribution in [3.8, 4) is 0 Å². The Morgan fingerprint density at radius 2 is 2.13 bits per heavy atom. The number of β-lactam (4-membered cyclic amide) rings is 1. The highest BCUT2D eigenvalue weighted by Crippen LogP contribution is 2.41. The lowest BCUT2D eigenvalue weighted by atomic mass is 10.0. The molecular weight excluding hydrogens is 473 g/mol. The molecule has 2 aliphatic rings. The lowest BCUT2D eigenvalue weighted by Gasteiger charge is -2.49. The van der Waals surface area contributed by atoms with Crippen molar-refractivity contribution in [2.24, 2.45) is 7.05 Å². The minimum atomic E-state index is -5.05. The number of aromatic nitrogens is 4. The van der Waals surface area contributed by atoms with Crippen molar-refractivity contribution in [3.63, 3.8) is 0 Å². The minimum Gasteiger partial charge on any atom is -0.477 e. The number of thioether (sulfide) groups is 2. The van der Waals surface area contributed by atoms with Crippen molar-refractivity contribution >= 4 is 52.1 Å². The van der Waals surface area contributed by atoms with Gasteiger partial charge in [0.1, 0.15) is 33.7 Å². The summed E-state index contributed by atoms with van der Waals surface area (Å²) in [5.74, 6) is -4.24. The molecule has 0 aromatic carbocycles. The number of hydrogen-bond acceptors (Lipinski definition) is 9. The molecule has 0 bridgehead atoms. The second kappa shape index (κ2) is 8.54. The van der Waals surface area contributed by atoms with Gasteiger partial charge in [-0.05, 0) is 16.0 Å². The van der Waals surface area contributed by atoms with Gasteiger partial charge >= 0.3 is 11.5 Å². The van der Waals surface area contributed by atoms with Crippen LogP contribution in [0.25, 0.3) is 0 Å². The summed E-state index contributed by atoms with van der Waals surface area (Å²) in [6, 6.07) is -1.20. The Labute approximate surface area is 177 Å². The van der Waals surface area contributed by atoms with Crippen LogP contribution in [0.2, 0.25) is 0 Å². The molecule has 11 nitrogen and oxygen atoms in total. The van der Waals surface area contributed by atoms with Gasteiger partial charge in [0.05, 0.1) is 0 Å². The van der Waals surface area contributed by atoms with Gasteiger partial charge < -0.3 is 10.4 Å². The number of halogens is 3. The average molecular weight is 486 g/mol. The van der Waals surface area contributed by atoms with Crippen LogP contribution in [0.3, 0.4) is 0 Å². The van der Waals surface area contributed by atoms with E-state index in [1.165, 1.54) is 16.4 Å². The van der Waals surface area contributed by atoms with Gasteiger partial charge in [0, 0.05) is 18.6 Å². The fourth-order valence-corrected chi connectivity index (χ4v) is 5.53. The van der Waals surface area contributed by atoms with Crippen molar-refractivity contribution < 1.29 is 36.9 Å². The van der Waals surface area contributed by atoms with Crippen LogP contribution in [0.5, 0.6) is 0 Å². The third-order valence-corrected chi connectivity index (χ3v) is 7.52. The van der Waals surface area contributed by atoms with Crippen molar-refractivity contribution in [3.05, 3.63) is 11.3 Å². The molecule has 0 aliphatic carbocycles.